The molecule has 2 aliphatic heterocycles. The van der Waals surface area contributed by atoms with Crippen LogP contribution in [0.5, 0.6) is 11.5 Å². The maximum absolute atomic E-state index is 12.8. The molecule has 2 aromatic carbocycles. The Bertz CT molecular complexity index is 944. The number of nitrogens with one attached hydrogen (secondary N) is 1. The van der Waals surface area contributed by atoms with E-state index >= 15 is 0 Å². The quantitative estimate of drug-likeness (QED) is 0.768. The van der Waals surface area contributed by atoms with Gasteiger partial charge in [-0.3, -0.25) is 9.59 Å². The topological polar surface area (TPSA) is 67.9 Å². The highest BCUT2D eigenvalue weighted by molar-refractivity contribution is 5.92. The van der Waals surface area contributed by atoms with Gasteiger partial charge in [-0.2, -0.15) is 0 Å². The Kier molecular flexibility index (Phi) is 6.98. The number of anilines is 1. The third-order valence-electron chi connectivity index (χ3n) is 6.49. The van der Waals surface area contributed by atoms with Crippen LogP contribution in [0.1, 0.15) is 44.6 Å². The molecule has 1 N–H and O–H groups in total. The summed E-state index contributed by atoms with van der Waals surface area (Å²) in [7, 11) is 0. The Morgan fingerprint density at radius 1 is 1.16 bits per heavy atom. The maximum Gasteiger partial charge on any atom is 0.260 e. The lowest BCUT2D eigenvalue weighted by molar-refractivity contribution is -0.136. The Labute approximate surface area is 189 Å². The smallest absolute Gasteiger partial charge is 0.260 e. The second-order valence-corrected chi connectivity index (χ2v) is 9.05. The highest BCUT2D eigenvalue weighted by Gasteiger charge is 2.33. The van der Waals surface area contributed by atoms with E-state index in [1.807, 2.05) is 47.4 Å². The monoisotopic (exact) mass is 436 g/mol. The highest BCUT2D eigenvalue weighted by Crippen LogP contribution is 2.34. The first-order valence-corrected chi connectivity index (χ1v) is 11.5. The molecule has 2 aromatic rings. The minimum atomic E-state index is -0.0127. The van der Waals surface area contributed by atoms with Crippen molar-refractivity contribution in [2.24, 2.45) is 11.8 Å². The Balaban J connectivity index is 1.39. The molecule has 4 rings (SSSR count). The van der Waals surface area contributed by atoms with Crippen molar-refractivity contribution in [1.82, 2.24) is 4.90 Å². The summed E-state index contributed by atoms with van der Waals surface area (Å²) >= 11 is 0. The lowest BCUT2D eigenvalue weighted by Crippen LogP contribution is -2.46. The molecule has 0 aromatic heterocycles. The molecule has 2 aliphatic rings. The minimum Gasteiger partial charge on any atom is -0.491 e. The number of amides is 2. The summed E-state index contributed by atoms with van der Waals surface area (Å²) in [4.78, 5) is 27.4. The van der Waals surface area contributed by atoms with E-state index in [0.29, 0.717) is 43.5 Å². The molecule has 1 saturated heterocycles. The fourth-order valence-electron chi connectivity index (χ4n) is 4.55. The second kappa shape index (κ2) is 10.1. The van der Waals surface area contributed by atoms with Crippen LogP contribution in [0.3, 0.4) is 0 Å². The van der Waals surface area contributed by atoms with Gasteiger partial charge in [0.1, 0.15) is 11.5 Å². The van der Waals surface area contributed by atoms with Crippen LogP contribution in [-0.2, 0) is 9.59 Å². The molecule has 2 atom stereocenters. The van der Waals surface area contributed by atoms with Crippen molar-refractivity contribution in [3.63, 3.8) is 0 Å². The van der Waals surface area contributed by atoms with Gasteiger partial charge < -0.3 is 19.7 Å². The second-order valence-electron chi connectivity index (χ2n) is 9.05. The molecule has 6 nitrogen and oxygen atoms in total. The van der Waals surface area contributed by atoms with Crippen LogP contribution in [0.25, 0.3) is 0 Å². The van der Waals surface area contributed by atoms with Crippen molar-refractivity contribution in [3.05, 3.63) is 54.1 Å². The molecule has 0 aliphatic carbocycles. The molecule has 0 spiro atoms. The van der Waals surface area contributed by atoms with Crippen molar-refractivity contribution in [3.8, 4) is 11.5 Å². The summed E-state index contributed by atoms with van der Waals surface area (Å²) in [5, 5.41) is 3.07. The SMILES string of the molecule is CC(C)c1ccc2c(c1)NC(=O)C[C@@H]1CCN(C(=O)COc3ccccc3)C[C@@H]1CCO2. The van der Waals surface area contributed by atoms with Crippen LogP contribution in [0, 0.1) is 11.8 Å². The van der Waals surface area contributed by atoms with Crippen LogP contribution in [-0.4, -0.2) is 43.0 Å². The predicted octanol–water partition coefficient (Wildman–Crippen LogP) is 4.46. The zero-order valence-corrected chi connectivity index (χ0v) is 18.9. The fourth-order valence-corrected chi connectivity index (χ4v) is 4.55. The number of nitrogens with zero attached hydrogens (tertiary/aromatic N) is 1. The van der Waals surface area contributed by atoms with Crippen LogP contribution in [0.4, 0.5) is 5.69 Å². The lowest BCUT2D eigenvalue weighted by atomic mass is 9.81. The van der Waals surface area contributed by atoms with Gasteiger partial charge in [-0.25, -0.2) is 0 Å². The van der Waals surface area contributed by atoms with E-state index < -0.39 is 0 Å². The van der Waals surface area contributed by atoms with Gasteiger partial charge >= 0.3 is 0 Å². The molecule has 0 unspecified atom stereocenters. The molecular formula is C26H32N2O4. The van der Waals surface area contributed by atoms with Crippen LogP contribution < -0.4 is 14.8 Å². The van der Waals surface area contributed by atoms with E-state index in [1.165, 1.54) is 5.56 Å². The zero-order chi connectivity index (χ0) is 22.5. The van der Waals surface area contributed by atoms with Gasteiger partial charge in [0.15, 0.2) is 6.61 Å². The van der Waals surface area contributed by atoms with Crippen molar-refractivity contribution in [2.45, 2.75) is 39.0 Å². The van der Waals surface area contributed by atoms with E-state index in [0.717, 1.165) is 18.5 Å². The van der Waals surface area contributed by atoms with Gasteiger partial charge in [0.25, 0.3) is 5.91 Å². The van der Waals surface area contributed by atoms with E-state index in [9.17, 15) is 9.59 Å². The molecule has 170 valence electrons. The number of fused-ring (bicyclic) bond motifs is 2. The summed E-state index contributed by atoms with van der Waals surface area (Å²) in [5.74, 6) is 2.25. The number of likely N-dealkylation sites (tertiary alicyclic amines) is 1. The fraction of sp³-hybridized carbons (Fsp3) is 0.462. The molecule has 1 fully saturated rings. The van der Waals surface area contributed by atoms with Gasteiger partial charge in [0.2, 0.25) is 5.91 Å². The average Bonchev–Trinajstić information content (AvgIpc) is 2.79. The first-order valence-electron chi connectivity index (χ1n) is 11.5. The van der Waals surface area contributed by atoms with E-state index in [1.54, 1.807) is 0 Å². The normalized spacial score (nSPS) is 21.1. The van der Waals surface area contributed by atoms with Crippen molar-refractivity contribution >= 4 is 17.5 Å². The van der Waals surface area contributed by atoms with Gasteiger partial charge in [0.05, 0.1) is 12.3 Å². The van der Waals surface area contributed by atoms with Gasteiger partial charge in [0, 0.05) is 19.5 Å². The standard InChI is InChI=1S/C26H32N2O4/c1-18(2)19-8-9-24-23(14-19)27-25(29)15-20-10-12-28(16-21(20)11-13-31-24)26(30)17-32-22-6-4-3-5-7-22/h3-9,14,18,20-21H,10-13,15-17H2,1-2H3,(H,27,29)/t20-,21-/m0/s1. The largest absolute Gasteiger partial charge is 0.491 e. The number of rotatable bonds is 4. The molecule has 2 amide bonds. The van der Waals surface area contributed by atoms with Gasteiger partial charge in [-0.1, -0.05) is 38.1 Å². The molecule has 0 saturated carbocycles. The number of carbonyl (C=O) groups is 2. The highest BCUT2D eigenvalue weighted by atomic mass is 16.5. The van der Waals surface area contributed by atoms with Crippen LogP contribution in [0.15, 0.2) is 48.5 Å². The number of carbonyl (C=O) groups excluding carboxylic acids is 2. The summed E-state index contributed by atoms with van der Waals surface area (Å²) in [6, 6.07) is 15.4. The number of ether oxygens (including phenoxy) is 2. The minimum absolute atomic E-state index is 0.0127. The van der Waals surface area contributed by atoms with E-state index in [-0.39, 0.29) is 30.3 Å². The molecular weight excluding hydrogens is 404 g/mol. The molecule has 6 heteroatoms. The summed E-state index contributed by atoms with van der Waals surface area (Å²) in [6.07, 6.45) is 2.10. The van der Waals surface area contributed by atoms with Crippen molar-refractivity contribution in [2.75, 3.05) is 31.6 Å². The van der Waals surface area contributed by atoms with Gasteiger partial charge in [-0.05, 0) is 60.4 Å². The summed E-state index contributed by atoms with van der Waals surface area (Å²) in [6.45, 7) is 6.15. The number of hydrogen-bond acceptors (Lipinski definition) is 4. The van der Waals surface area contributed by atoms with E-state index in [2.05, 4.69) is 25.2 Å². The van der Waals surface area contributed by atoms with Crippen LogP contribution in [0.2, 0.25) is 0 Å². The summed E-state index contributed by atoms with van der Waals surface area (Å²) in [5.41, 5.74) is 1.93. The Hall–Kier alpha value is -3.02. The predicted molar refractivity (Wildman–Crippen MR) is 124 cm³/mol. The lowest BCUT2D eigenvalue weighted by Gasteiger charge is -2.39. The summed E-state index contributed by atoms with van der Waals surface area (Å²) < 4.78 is 11.7. The number of piperidine rings is 1. The molecule has 0 bridgehead atoms. The molecule has 0 radical (unpaired) electrons. The van der Waals surface area contributed by atoms with Gasteiger partial charge in [-0.15, -0.1) is 0 Å². The number of para-hydroxylation sites is 1. The van der Waals surface area contributed by atoms with Crippen molar-refractivity contribution in [1.29, 1.82) is 0 Å². The van der Waals surface area contributed by atoms with E-state index in [4.69, 9.17) is 9.47 Å². The number of hydrogen-bond donors (Lipinski definition) is 1. The average molecular weight is 437 g/mol. The first-order chi connectivity index (χ1) is 15.5. The Morgan fingerprint density at radius 3 is 2.75 bits per heavy atom. The van der Waals surface area contributed by atoms with Crippen molar-refractivity contribution < 1.29 is 19.1 Å². The third kappa shape index (κ3) is 5.42. The van der Waals surface area contributed by atoms with Crippen LogP contribution >= 0.6 is 0 Å². The first kappa shape index (κ1) is 22.2. The molecule has 2 heterocycles. The molecule has 32 heavy (non-hydrogen) atoms. The maximum atomic E-state index is 12.8. The zero-order valence-electron chi connectivity index (χ0n) is 18.9. The number of benzene rings is 2. The third-order valence-corrected chi connectivity index (χ3v) is 6.49. The Morgan fingerprint density at radius 2 is 1.97 bits per heavy atom.